The van der Waals surface area contributed by atoms with Gasteiger partial charge in [-0.25, -0.2) is 4.98 Å². The van der Waals surface area contributed by atoms with Crippen LogP contribution in [0.25, 0.3) is 0 Å². The van der Waals surface area contributed by atoms with E-state index in [4.69, 9.17) is 5.21 Å². The lowest BCUT2D eigenvalue weighted by atomic mass is 10.2. The van der Waals surface area contributed by atoms with E-state index in [1.165, 1.54) is 30.5 Å². The average Bonchev–Trinajstić information content (AvgIpc) is 2.38. The second kappa shape index (κ2) is 5.15. The zero-order valence-electron chi connectivity index (χ0n) is 9.57. The lowest BCUT2D eigenvalue weighted by molar-refractivity contribution is -0.137. The van der Waals surface area contributed by atoms with E-state index in [2.05, 4.69) is 10.3 Å². The van der Waals surface area contributed by atoms with E-state index in [-0.39, 0.29) is 5.69 Å². The van der Waals surface area contributed by atoms with Crippen molar-refractivity contribution in [2.24, 2.45) is 0 Å². The Morgan fingerprint density at radius 2 is 1.84 bits per heavy atom. The van der Waals surface area contributed by atoms with E-state index < -0.39 is 11.7 Å². The van der Waals surface area contributed by atoms with Crippen LogP contribution in [-0.2, 0) is 6.18 Å². The second-order valence-corrected chi connectivity index (χ2v) is 3.75. The highest BCUT2D eigenvalue weighted by Crippen LogP contribution is 2.31. The van der Waals surface area contributed by atoms with Crippen molar-refractivity contribution in [1.29, 1.82) is 0 Å². The van der Waals surface area contributed by atoms with Crippen LogP contribution in [0.15, 0.2) is 42.6 Å². The summed E-state index contributed by atoms with van der Waals surface area (Å²) in [5, 5.41) is 11.5. The van der Waals surface area contributed by atoms with Gasteiger partial charge in [-0.2, -0.15) is 13.2 Å². The summed E-state index contributed by atoms with van der Waals surface area (Å²) >= 11 is 0. The standard InChI is InChI=1S/C12H10F3N3O/c13-12(14,15)8-2-1-3-9(6-8)17-11-7-10(18-19)4-5-16-11/h1-7,19H,(H2,16,17,18). The van der Waals surface area contributed by atoms with Gasteiger partial charge in [0.15, 0.2) is 0 Å². The fourth-order valence-electron chi connectivity index (χ4n) is 1.49. The molecule has 0 aliphatic rings. The molecule has 7 heteroatoms. The van der Waals surface area contributed by atoms with E-state index in [1.54, 1.807) is 0 Å². The number of nitrogens with one attached hydrogen (secondary N) is 2. The fraction of sp³-hybridized carbons (Fsp3) is 0.0833. The van der Waals surface area contributed by atoms with Gasteiger partial charge in [-0.15, -0.1) is 0 Å². The van der Waals surface area contributed by atoms with Crippen LogP contribution < -0.4 is 10.8 Å². The number of benzene rings is 1. The average molecular weight is 269 g/mol. The molecular formula is C12H10F3N3O. The molecule has 2 rings (SSSR count). The maximum Gasteiger partial charge on any atom is 0.416 e. The summed E-state index contributed by atoms with van der Waals surface area (Å²) in [6, 6.07) is 7.75. The third-order valence-electron chi connectivity index (χ3n) is 2.35. The highest BCUT2D eigenvalue weighted by atomic mass is 19.4. The Labute approximate surface area is 106 Å². The minimum atomic E-state index is -4.39. The second-order valence-electron chi connectivity index (χ2n) is 3.75. The van der Waals surface area contributed by atoms with Crippen LogP contribution in [0.3, 0.4) is 0 Å². The van der Waals surface area contributed by atoms with Gasteiger partial charge in [0.25, 0.3) is 0 Å². The first-order valence-corrected chi connectivity index (χ1v) is 5.29. The quantitative estimate of drug-likeness (QED) is 0.744. The van der Waals surface area contributed by atoms with Gasteiger partial charge >= 0.3 is 6.18 Å². The van der Waals surface area contributed by atoms with Crippen molar-refractivity contribution >= 4 is 17.2 Å². The summed E-state index contributed by atoms with van der Waals surface area (Å²) in [5.74, 6) is 0.318. The lowest BCUT2D eigenvalue weighted by Crippen LogP contribution is -2.05. The van der Waals surface area contributed by atoms with Crippen molar-refractivity contribution in [2.75, 3.05) is 10.8 Å². The van der Waals surface area contributed by atoms with E-state index in [0.717, 1.165) is 12.1 Å². The Balaban J connectivity index is 2.23. The normalized spacial score (nSPS) is 11.2. The molecule has 1 heterocycles. The highest BCUT2D eigenvalue weighted by molar-refractivity contribution is 5.60. The third kappa shape index (κ3) is 3.35. The zero-order valence-corrected chi connectivity index (χ0v) is 9.57. The fourth-order valence-corrected chi connectivity index (χ4v) is 1.49. The van der Waals surface area contributed by atoms with Crippen molar-refractivity contribution in [1.82, 2.24) is 4.98 Å². The van der Waals surface area contributed by atoms with Crippen LogP contribution >= 0.6 is 0 Å². The van der Waals surface area contributed by atoms with Gasteiger partial charge in [-0.3, -0.25) is 10.7 Å². The van der Waals surface area contributed by atoms with Gasteiger partial charge in [0.05, 0.1) is 11.3 Å². The Morgan fingerprint density at radius 1 is 1.05 bits per heavy atom. The highest BCUT2D eigenvalue weighted by Gasteiger charge is 2.30. The summed E-state index contributed by atoms with van der Waals surface area (Å²) in [6.07, 6.45) is -2.98. The number of aromatic nitrogens is 1. The molecule has 0 saturated heterocycles. The molecule has 3 N–H and O–H groups in total. The number of nitrogens with zero attached hydrogens (tertiary/aromatic N) is 1. The number of alkyl halides is 3. The number of pyridine rings is 1. The van der Waals surface area contributed by atoms with Crippen molar-refractivity contribution in [3.05, 3.63) is 48.2 Å². The predicted molar refractivity (Wildman–Crippen MR) is 64.4 cm³/mol. The van der Waals surface area contributed by atoms with Gasteiger partial charge in [0, 0.05) is 18.0 Å². The maximum absolute atomic E-state index is 12.5. The molecule has 19 heavy (non-hydrogen) atoms. The summed E-state index contributed by atoms with van der Waals surface area (Å²) in [7, 11) is 0. The molecular weight excluding hydrogens is 259 g/mol. The number of hydrogen-bond donors (Lipinski definition) is 3. The van der Waals surface area contributed by atoms with E-state index in [0.29, 0.717) is 11.5 Å². The molecule has 0 spiro atoms. The van der Waals surface area contributed by atoms with Crippen LogP contribution in [-0.4, -0.2) is 10.2 Å². The molecule has 2 aromatic rings. The first-order valence-electron chi connectivity index (χ1n) is 5.29. The molecule has 0 aliphatic carbocycles. The van der Waals surface area contributed by atoms with Gasteiger partial charge in [0.1, 0.15) is 5.82 Å². The van der Waals surface area contributed by atoms with Crippen LogP contribution in [0, 0.1) is 0 Å². The van der Waals surface area contributed by atoms with Gasteiger partial charge in [0.2, 0.25) is 0 Å². The molecule has 0 fully saturated rings. The number of halogens is 3. The molecule has 0 atom stereocenters. The van der Waals surface area contributed by atoms with Gasteiger partial charge in [-0.05, 0) is 24.3 Å². The zero-order chi connectivity index (χ0) is 13.9. The van der Waals surface area contributed by atoms with Crippen molar-refractivity contribution < 1.29 is 18.4 Å². The minimum Gasteiger partial charge on any atom is -0.340 e. The Morgan fingerprint density at radius 3 is 2.53 bits per heavy atom. The smallest absolute Gasteiger partial charge is 0.340 e. The molecule has 0 aliphatic heterocycles. The molecule has 1 aromatic carbocycles. The minimum absolute atomic E-state index is 0.261. The van der Waals surface area contributed by atoms with Gasteiger partial charge in [-0.1, -0.05) is 6.07 Å². The number of rotatable bonds is 3. The Kier molecular flexibility index (Phi) is 3.57. The van der Waals surface area contributed by atoms with Crippen LogP contribution in [0.2, 0.25) is 0 Å². The van der Waals surface area contributed by atoms with Crippen LogP contribution in [0.1, 0.15) is 5.56 Å². The molecule has 1 aromatic heterocycles. The molecule has 0 radical (unpaired) electrons. The van der Waals surface area contributed by atoms with E-state index in [9.17, 15) is 13.2 Å². The number of anilines is 3. The molecule has 4 nitrogen and oxygen atoms in total. The Bertz CT molecular complexity index is 572. The SMILES string of the molecule is ONc1ccnc(Nc2cccc(C(F)(F)F)c2)c1. The molecule has 0 bridgehead atoms. The van der Waals surface area contributed by atoms with E-state index >= 15 is 0 Å². The van der Waals surface area contributed by atoms with Crippen molar-refractivity contribution in [3.8, 4) is 0 Å². The lowest BCUT2D eigenvalue weighted by Gasteiger charge is -2.10. The van der Waals surface area contributed by atoms with Crippen LogP contribution in [0.5, 0.6) is 0 Å². The third-order valence-corrected chi connectivity index (χ3v) is 2.35. The summed E-state index contributed by atoms with van der Waals surface area (Å²) in [6.45, 7) is 0. The van der Waals surface area contributed by atoms with Gasteiger partial charge < -0.3 is 5.32 Å². The summed E-state index contributed by atoms with van der Waals surface area (Å²) in [4.78, 5) is 3.93. The monoisotopic (exact) mass is 269 g/mol. The first-order chi connectivity index (χ1) is 8.99. The largest absolute Gasteiger partial charge is 0.416 e. The van der Waals surface area contributed by atoms with Crippen molar-refractivity contribution in [3.63, 3.8) is 0 Å². The first kappa shape index (κ1) is 13.2. The maximum atomic E-state index is 12.5. The molecule has 100 valence electrons. The number of hydrogen-bond acceptors (Lipinski definition) is 4. The Hall–Kier alpha value is -2.28. The van der Waals surface area contributed by atoms with E-state index in [1.807, 2.05) is 5.48 Å². The predicted octanol–water partition coefficient (Wildman–Crippen LogP) is 3.65. The summed E-state index contributed by atoms with van der Waals surface area (Å²) in [5.41, 5.74) is 1.83. The van der Waals surface area contributed by atoms with Crippen LogP contribution in [0.4, 0.5) is 30.4 Å². The summed E-state index contributed by atoms with van der Waals surface area (Å²) < 4.78 is 37.6. The molecule has 0 amide bonds. The molecule has 0 saturated carbocycles. The topological polar surface area (TPSA) is 57.2 Å². The van der Waals surface area contributed by atoms with Crippen molar-refractivity contribution in [2.45, 2.75) is 6.18 Å². The molecule has 0 unspecified atom stereocenters.